The summed E-state index contributed by atoms with van der Waals surface area (Å²) < 4.78 is 0. The van der Waals surface area contributed by atoms with Gasteiger partial charge >= 0.3 is 6.03 Å². The smallest absolute Gasteiger partial charge is 0.320 e. The highest BCUT2D eigenvalue weighted by atomic mass is 16.2. The van der Waals surface area contributed by atoms with Crippen molar-refractivity contribution < 1.29 is 4.79 Å². The zero-order valence-corrected chi connectivity index (χ0v) is 15.6. The van der Waals surface area contributed by atoms with Gasteiger partial charge in [0.15, 0.2) is 0 Å². The van der Waals surface area contributed by atoms with Gasteiger partial charge in [0.1, 0.15) is 5.82 Å². The van der Waals surface area contributed by atoms with Crippen molar-refractivity contribution in [3.63, 3.8) is 0 Å². The molecule has 2 rings (SSSR count). The van der Waals surface area contributed by atoms with E-state index in [2.05, 4.69) is 46.3 Å². The van der Waals surface area contributed by atoms with Gasteiger partial charge in [0.25, 0.3) is 0 Å². The highest BCUT2D eigenvalue weighted by molar-refractivity contribution is 5.88. The monoisotopic (exact) mass is 333 g/mol. The van der Waals surface area contributed by atoms with E-state index in [1.165, 1.54) is 0 Å². The molecule has 1 aliphatic rings. The maximum Gasteiger partial charge on any atom is 0.320 e. The Morgan fingerprint density at radius 3 is 2.46 bits per heavy atom. The number of carbonyl (C=O) groups excluding carboxylic acids is 1. The molecule has 1 saturated heterocycles. The molecule has 2 heterocycles. The summed E-state index contributed by atoms with van der Waals surface area (Å²) in [5.74, 6) is 1.10. The number of nitrogens with one attached hydrogen (secondary N) is 2. The van der Waals surface area contributed by atoms with Gasteiger partial charge in [0.2, 0.25) is 0 Å². The Morgan fingerprint density at radius 1 is 1.21 bits per heavy atom. The first-order valence-corrected chi connectivity index (χ1v) is 8.78. The SMILES string of the molecule is Cc1cc(C)nc(NC(=O)NC[C@H](C(C)C)N2CCN(C)CC2)c1. The van der Waals surface area contributed by atoms with Gasteiger partial charge in [-0.1, -0.05) is 13.8 Å². The van der Waals surface area contributed by atoms with Gasteiger partial charge < -0.3 is 10.2 Å². The van der Waals surface area contributed by atoms with Gasteiger partial charge in [-0.15, -0.1) is 0 Å². The number of aromatic nitrogens is 1. The van der Waals surface area contributed by atoms with Gasteiger partial charge in [0.05, 0.1) is 0 Å². The molecule has 134 valence electrons. The van der Waals surface area contributed by atoms with Gasteiger partial charge in [-0.2, -0.15) is 0 Å². The summed E-state index contributed by atoms with van der Waals surface area (Å²) in [4.78, 5) is 21.4. The third-order valence-corrected chi connectivity index (χ3v) is 4.59. The average molecular weight is 333 g/mol. The van der Waals surface area contributed by atoms with Crippen LogP contribution in [0.5, 0.6) is 0 Å². The van der Waals surface area contributed by atoms with E-state index in [9.17, 15) is 4.79 Å². The molecule has 0 radical (unpaired) electrons. The lowest BCUT2D eigenvalue weighted by Crippen LogP contribution is -2.54. The Kier molecular flexibility index (Phi) is 6.57. The predicted octanol–water partition coefficient (Wildman–Crippen LogP) is 2.09. The lowest BCUT2D eigenvalue weighted by Gasteiger charge is -2.39. The molecule has 24 heavy (non-hydrogen) atoms. The number of amides is 2. The summed E-state index contributed by atoms with van der Waals surface area (Å²) in [6, 6.07) is 4.04. The van der Waals surface area contributed by atoms with Gasteiger partial charge in [-0.3, -0.25) is 10.2 Å². The molecule has 0 saturated carbocycles. The number of rotatable bonds is 5. The molecule has 1 atom stereocenters. The number of nitrogens with zero attached hydrogens (tertiary/aromatic N) is 3. The molecule has 0 spiro atoms. The zero-order valence-electron chi connectivity index (χ0n) is 15.6. The minimum atomic E-state index is -0.188. The lowest BCUT2D eigenvalue weighted by atomic mass is 10.0. The van der Waals surface area contributed by atoms with E-state index in [-0.39, 0.29) is 6.03 Å². The first-order chi connectivity index (χ1) is 11.3. The summed E-state index contributed by atoms with van der Waals surface area (Å²) in [6.07, 6.45) is 0. The first-order valence-electron chi connectivity index (χ1n) is 8.78. The molecule has 2 amide bonds. The van der Waals surface area contributed by atoms with E-state index in [0.717, 1.165) is 37.4 Å². The average Bonchev–Trinajstić information content (AvgIpc) is 2.47. The van der Waals surface area contributed by atoms with Crippen molar-refractivity contribution in [3.8, 4) is 0 Å². The summed E-state index contributed by atoms with van der Waals surface area (Å²) in [6.45, 7) is 13.3. The van der Waals surface area contributed by atoms with Crippen LogP contribution in [-0.4, -0.2) is 66.6 Å². The number of carbonyl (C=O) groups is 1. The highest BCUT2D eigenvalue weighted by Gasteiger charge is 2.25. The van der Waals surface area contributed by atoms with Crippen LogP contribution in [0.3, 0.4) is 0 Å². The van der Waals surface area contributed by atoms with Crippen molar-refractivity contribution in [2.45, 2.75) is 33.7 Å². The molecule has 0 unspecified atom stereocenters. The second-order valence-electron chi connectivity index (χ2n) is 7.16. The molecule has 6 nitrogen and oxygen atoms in total. The third kappa shape index (κ3) is 5.46. The minimum Gasteiger partial charge on any atom is -0.336 e. The molecule has 1 aromatic heterocycles. The van der Waals surface area contributed by atoms with Crippen molar-refractivity contribution >= 4 is 11.8 Å². The summed E-state index contributed by atoms with van der Waals surface area (Å²) >= 11 is 0. The maximum atomic E-state index is 12.2. The van der Waals surface area contributed by atoms with Crippen molar-refractivity contribution in [2.24, 2.45) is 5.92 Å². The first kappa shape index (κ1) is 18.7. The summed E-state index contributed by atoms with van der Waals surface area (Å²) in [7, 11) is 2.16. The lowest BCUT2D eigenvalue weighted by molar-refractivity contribution is 0.0890. The van der Waals surface area contributed by atoms with Crippen LogP contribution in [0.2, 0.25) is 0 Å². The van der Waals surface area contributed by atoms with Crippen molar-refractivity contribution in [1.29, 1.82) is 0 Å². The van der Waals surface area contributed by atoms with Crippen LogP contribution in [0.15, 0.2) is 12.1 Å². The molecular formula is C18H31N5O. The molecule has 2 N–H and O–H groups in total. The second-order valence-corrected chi connectivity index (χ2v) is 7.16. The largest absolute Gasteiger partial charge is 0.336 e. The van der Waals surface area contributed by atoms with E-state index in [0.29, 0.717) is 24.3 Å². The van der Waals surface area contributed by atoms with Gasteiger partial charge in [-0.05, 0) is 44.5 Å². The number of piperazine rings is 1. The molecule has 1 fully saturated rings. The van der Waals surface area contributed by atoms with E-state index in [4.69, 9.17) is 0 Å². The fraction of sp³-hybridized carbons (Fsp3) is 0.667. The number of pyridine rings is 1. The van der Waals surface area contributed by atoms with Crippen LogP contribution >= 0.6 is 0 Å². The second kappa shape index (κ2) is 8.44. The Morgan fingerprint density at radius 2 is 1.88 bits per heavy atom. The van der Waals surface area contributed by atoms with Crippen LogP contribution in [0.25, 0.3) is 0 Å². The normalized spacial score (nSPS) is 17.8. The van der Waals surface area contributed by atoms with E-state index < -0.39 is 0 Å². The molecule has 0 aliphatic carbocycles. The quantitative estimate of drug-likeness (QED) is 0.866. The van der Waals surface area contributed by atoms with Crippen LogP contribution in [0.1, 0.15) is 25.1 Å². The van der Waals surface area contributed by atoms with Gasteiger partial charge in [0, 0.05) is 44.5 Å². The summed E-state index contributed by atoms with van der Waals surface area (Å²) in [5, 5.41) is 5.85. The molecule has 1 aliphatic heterocycles. The molecule has 1 aromatic rings. The molecule has 0 aromatic carbocycles. The Labute approximate surface area is 145 Å². The Balaban J connectivity index is 1.88. The standard InChI is InChI=1S/C18H31N5O/c1-13(2)16(23-8-6-22(5)7-9-23)12-19-18(24)21-17-11-14(3)10-15(4)20-17/h10-11,13,16H,6-9,12H2,1-5H3,(H2,19,20,21,24)/t16-/m1/s1. The zero-order chi connectivity index (χ0) is 17.7. The highest BCUT2D eigenvalue weighted by Crippen LogP contribution is 2.13. The topological polar surface area (TPSA) is 60.5 Å². The van der Waals surface area contributed by atoms with Crippen molar-refractivity contribution in [2.75, 3.05) is 45.1 Å². The summed E-state index contributed by atoms with van der Waals surface area (Å²) in [5.41, 5.74) is 2.00. The van der Waals surface area contributed by atoms with Crippen LogP contribution < -0.4 is 10.6 Å². The number of anilines is 1. The maximum absolute atomic E-state index is 12.2. The number of likely N-dealkylation sites (N-methyl/N-ethyl adjacent to an activating group) is 1. The van der Waals surface area contributed by atoms with E-state index in [1.807, 2.05) is 26.0 Å². The number of aryl methyl sites for hydroxylation is 2. The van der Waals surface area contributed by atoms with E-state index >= 15 is 0 Å². The fourth-order valence-corrected chi connectivity index (χ4v) is 3.20. The fourth-order valence-electron chi connectivity index (χ4n) is 3.20. The molecule has 6 heteroatoms. The van der Waals surface area contributed by atoms with Gasteiger partial charge in [-0.25, -0.2) is 9.78 Å². The van der Waals surface area contributed by atoms with E-state index in [1.54, 1.807) is 0 Å². The molecule has 0 bridgehead atoms. The number of hydrogen-bond acceptors (Lipinski definition) is 4. The van der Waals surface area contributed by atoms with Crippen LogP contribution in [0.4, 0.5) is 10.6 Å². The predicted molar refractivity (Wildman–Crippen MR) is 98.4 cm³/mol. The van der Waals surface area contributed by atoms with Crippen molar-refractivity contribution in [1.82, 2.24) is 20.1 Å². The van der Waals surface area contributed by atoms with Crippen LogP contribution in [-0.2, 0) is 0 Å². The Bertz CT molecular complexity index is 532. The van der Waals surface area contributed by atoms with Crippen molar-refractivity contribution in [3.05, 3.63) is 23.4 Å². The third-order valence-electron chi connectivity index (χ3n) is 4.59. The number of hydrogen-bond donors (Lipinski definition) is 2. The number of urea groups is 1. The van der Waals surface area contributed by atoms with Crippen LogP contribution in [0, 0.1) is 19.8 Å². The molecular weight excluding hydrogens is 302 g/mol. The minimum absolute atomic E-state index is 0.188. The Hall–Kier alpha value is -1.66.